The number of benzene rings is 2. The van der Waals surface area contributed by atoms with E-state index in [0.717, 1.165) is 24.3 Å². The number of halogens is 3. The average Bonchev–Trinajstić information content (AvgIpc) is 3.05. The van der Waals surface area contributed by atoms with E-state index in [1.807, 2.05) is 0 Å². The second kappa shape index (κ2) is 7.64. The Kier molecular flexibility index (Phi) is 5.43. The molecule has 10 heteroatoms. The Morgan fingerprint density at radius 2 is 1.71 bits per heavy atom. The van der Waals surface area contributed by atoms with Gasteiger partial charge in [0.05, 0.1) is 4.90 Å². The van der Waals surface area contributed by atoms with Crippen LogP contribution in [0.25, 0.3) is 0 Å². The van der Waals surface area contributed by atoms with E-state index in [1.54, 1.807) is 54.3 Å². The lowest BCUT2D eigenvalue weighted by atomic mass is 10.1. The number of sulfonamides is 1. The average molecular weight is 411 g/mol. The molecule has 0 spiro atoms. The number of aryl methyl sites for hydroxylation is 1. The summed E-state index contributed by atoms with van der Waals surface area (Å²) in [4.78, 5) is 4.02. The topological polar surface area (TPSA) is 73.2 Å². The fourth-order valence-electron chi connectivity index (χ4n) is 2.61. The van der Waals surface area contributed by atoms with Crippen LogP contribution < -0.4 is 9.46 Å². The van der Waals surface area contributed by atoms with Gasteiger partial charge < -0.3 is 9.30 Å². The van der Waals surface area contributed by atoms with E-state index in [4.69, 9.17) is 0 Å². The monoisotopic (exact) mass is 411 g/mol. The van der Waals surface area contributed by atoms with Crippen LogP contribution >= 0.6 is 0 Å². The Morgan fingerprint density at radius 3 is 2.25 bits per heavy atom. The molecule has 1 N–H and O–H groups in total. The van der Waals surface area contributed by atoms with Crippen molar-refractivity contribution in [3.05, 3.63) is 78.4 Å². The van der Waals surface area contributed by atoms with E-state index in [2.05, 4.69) is 14.4 Å². The molecule has 0 aliphatic heterocycles. The second-order valence-corrected chi connectivity index (χ2v) is 7.59. The first-order chi connectivity index (χ1) is 13.2. The molecule has 0 fully saturated rings. The normalized spacial score (nSPS) is 13.3. The van der Waals surface area contributed by atoms with Crippen molar-refractivity contribution in [2.75, 3.05) is 0 Å². The molecule has 0 saturated carbocycles. The van der Waals surface area contributed by atoms with Crippen molar-refractivity contribution in [1.29, 1.82) is 0 Å². The third-order valence-corrected chi connectivity index (χ3v) is 5.33. The van der Waals surface area contributed by atoms with Crippen molar-refractivity contribution in [3.8, 4) is 5.75 Å². The van der Waals surface area contributed by atoms with Gasteiger partial charge in [0, 0.05) is 19.4 Å². The molecule has 1 heterocycles. The minimum Gasteiger partial charge on any atom is -0.406 e. The molecule has 0 amide bonds. The largest absolute Gasteiger partial charge is 0.573 e. The first-order valence-corrected chi connectivity index (χ1v) is 9.54. The van der Waals surface area contributed by atoms with Gasteiger partial charge in [0.2, 0.25) is 10.0 Å². The standard InChI is InChI=1S/C18H16F3N3O3S/c1-24-12-11-22-17(24)16(13-5-3-2-4-6-13)23-28(25,26)15-9-7-14(8-10-15)27-18(19,20)21/h2-12,16,23H,1H3. The smallest absolute Gasteiger partial charge is 0.406 e. The minimum absolute atomic E-state index is 0.197. The fraction of sp³-hybridized carbons (Fsp3) is 0.167. The number of nitrogens with zero attached hydrogens (tertiary/aromatic N) is 2. The van der Waals surface area contributed by atoms with Gasteiger partial charge in [-0.25, -0.2) is 13.4 Å². The predicted molar refractivity (Wildman–Crippen MR) is 94.9 cm³/mol. The molecule has 0 bridgehead atoms. The summed E-state index contributed by atoms with van der Waals surface area (Å²) >= 11 is 0. The summed E-state index contributed by atoms with van der Waals surface area (Å²) in [6.07, 6.45) is -1.62. The zero-order chi connectivity index (χ0) is 20.4. The van der Waals surface area contributed by atoms with Crippen LogP contribution in [0.2, 0.25) is 0 Å². The van der Waals surface area contributed by atoms with E-state index in [-0.39, 0.29) is 4.90 Å². The highest BCUT2D eigenvalue weighted by Gasteiger charge is 2.31. The van der Waals surface area contributed by atoms with Crippen LogP contribution in [0.3, 0.4) is 0 Å². The van der Waals surface area contributed by atoms with Crippen LogP contribution in [0.4, 0.5) is 13.2 Å². The van der Waals surface area contributed by atoms with Crippen LogP contribution in [0, 0.1) is 0 Å². The van der Waals surface area contributed by atoms with Gasteiger partial charge in [-0.05, 0) is 29.8 Å². The molecule has 0 radical (unpaired) electrons. The minimum atomic E-state index is -4.85. The molecule has 6 nitrogen and oxygen atoms in total. The number of hydrogen-bond donors (Lipinski definition) is 1. The fourth-order valence-corrected chi connectivity index (χ4v) is 3.80. The number of imidazole rings is 1. The molecule has 28 heavy (non-hydrogen) atoms. The zero-order valence-corrected chi connectivity index (χ0v) is 15.4. The van der Waals surface area contributed by atoms with E-state index in [9.17, 15) is 21.6 Å². The lowest BCUT2D eigenvalue weighted by Crippen LogP contribution is -2.31. The molecule has 0 aliphatic carbocycles. The zero-order valence-electron chi connectivity index (χ0n) is 14.6. The third-order valence-electron chi connectivity index (χ3n) is 3.89. The van der Waals surface area contributed by atoms with E-state index in [1.165, 1.54) is 0 Å². The SMILES string of the molecule is Cn1ccnc1C(NS(=O)(=O)c1ccc(OC(F)(F)F)cc1)c1ccccc1. The van der Waals surface area contributed by atoms with E-state index in [0.29, 0.717) is 11.4 Å². The highest BCUT2D eigenvalue weighted by molar-refractivity contribution is 7.89. The molecule has 1 atom stereocenters. The molecule has 0 saturated heterocycles. The van der Waals surface area contributed by atoms with Gasteiger partial charge in [-0.2, -0.15) is 4.72 Å². The van der Waals surface area contributed by atoms with Gasteiger partial charge in [-0.1, -0.05) is 30.3 Å². The van der Waals surface area contributed by atoms with Crippen molar-refractivity contribution in [2.24, 2.45) is 7.05 Å². The van der Waals surface area contributed by atoms with Crippen LogP contribution in [0.1, 0.15) is 17.4 Å². The number of rotatable bonds is 6. The number of ether oxygens (including phenoxy) is 1. The van der Waals surface area contributed by atoms with E-state index >= 15 is 0 Å². The molecular weight excluding hydrogens is 395 g/mol. The number of hydrogen-bond acceptors (Lipinski definition) is 4. The lowest BCUT2D eigenvalue weighted by molar-refractivity contribution is -0.274. The van der Waals surface area contributed by atoms with Gasteiger partial charge in [0.15, 0.2) is 0 Å². The van der Waals surface area contributed by atoms with Gasteiger partial charge in [0.1, 0.15) is 17.6 Å². The maximum atomic E-state index is 12.8. The van der Waals surface area contributed by atoms with Crippen LogP contribution in [0.15, 0.2) is 71.9 Å². The van der Waals surface area contributed by atoms with Crippen molar-refractivity contribution >= 4 is 10.0 Å². The Bertz CT molecular complexity index is 1030. The van der Waals surface area contributed by atoms with Gasteiger partial charge in [-0.15, -0.1) is 13.2 Å². The first-order valence-electron chi connectivity index (χ1n) is 8.06. The molecule has 0 aliphatic rings. The number of alkyl halides is 3. The molecule has 1 unspecified atom stereocenters. The molecule has 3 aromatic rings. The Morgan fingerprint density at radius 1 is 1.07 bits per heavy atom. The molecule has 148 valence electrons. The van der Waals surface area contributed by atoms with Crippen molar-refractivity contribution < 1.29 is 26.3 Å². The highest BCUT2D eigenvalue weighted by Crippen LogP contribution is 2.26. The van der Waals surface area contributed by atoms with Crippen LogP contribution in [-0.2, 0) is 17.1 Å². The summed E-state index contributed by atoms with van der Waals surface area (Å²) in [5, 5.41) is 0. The number of aromatic nitrogens is 2. The summed E-state index contributed by atoms with van der Waals surface area (Å²) in [5.74, 6) is -0.0399. The van der Waals surface area contributed by atoms with Crippen molar-refractivity contribution in [2.45, 2.75) is 17.3 Å². The van der Waals surface area contributed by atoms with Crippen molar-refractivity contribution in [1.82, 2.24) is 14.3 Å². The molecule has 2 aromatic carbocycles. The number of nitrogens with one attached hydrogen (secondary N) is 1. The predicted octanol–water partition coefficient (Wildman–Crippen LogP) is 3.39. The maximum Gasteiger partial charge on any atom is 0.573 e. The second-order valence-electron chi connectivity index (χ2n) is 5.88. The first kappa shape index (κ1) is 19.9. The van der Waals surface area contributed by atoms with E-state index < -0.39 is 28.2 Å². The van der Waals surface area contributed by atoms with Crippen LogP contribution in [0.5, 0.6) is 5.75 Å². The third kappa shape index (κ3) is 4.70. The Balaban J connectivity index is 1.91. The Labute approximate surface area is 159 Å². The van der Waals surface area contributed by atoms with Gasteiger partial charge in [0.25, 0.3) is 0 Å². The quantitative estimate of drug-likeness (QED) is 0.675. The summed E-state index contributed by atoms with van der Waals surface area (Å²) in [6, 6.07) is 12.0. The summed E-state index contributed by atoms with van der Waals surface area (Å²) in [7, 11) is -2.32. The summed E-state index contributed by atoms with van der Waals surface area (Å²) in [5.41, 5.74) is 0.664. The maximum absolute atomic E-state index is 12.8. The van der Waals surface area contributed by atoms with Gasteiger partial charge in [-0.3, -0.25) is 0 Å². The van der Waals surface area contributed by atoms with Crippen molar-refractivity contribution in [3.63, 3.8) is 0 Å². The molecule has 1 aromatic heterocycles. The summed E-state index contributed by atoms with van der Waals surface area (Å²) in [6.45, 7) is 0. The summed E-state index contributed by atoms with van der Waals surface area (Å²) < 4.78 is 70.4. The van der Waals surface area contributed by atoms with Gasteiger partial charge >= 0.3 is 6.36 Å². The molecular formula is C18H16F3N3O3S. The lowest BCUT2D eigenvalue weighted by Gasteiger charge is -2.19. The highest BCUT2D eigenvalue weighted by atomic mass is 32.2. The van der Waals surface area contributed by atoms with Crippen LogP contribution in [-0.4, -0.2) is 24.3 Å². The Hall–Kier alpha value is -2.85. The molecule has 3 rings (SSSR count).